The summed E-state index contributed by atoms with van der Waals surface area (Å²) in [5.41, 5.74) is 2.62. The fraction of sp³-hybridized carbons (Fsp3) is 0.360. The highest BCUT2D eigenvalue weighted by Crippen LogP contribution is 2.42. The maximum atomic E-state index is 13.2. The van der Waals surface area contributed by atoms with Crippen molar-refractivity contribution in [1.29, 1.82) is 0 Å². The van der Waals surface area contributed by atoms with Crippen molar-refractivity contribution >= 4 is 57.6 Å². The number of benzene rings is 2. The molecule has 1 amide bonds. The standard InChI is InChI=1S/C25H28ClNO3S2/c1-24(2,3)16-10-14(11-17(21(16)28)25(4,5)6)12-20-22(29)27(23(31)32-20)15-8-9-19(30-7)18(26)13-15/h8-13,28H,1-7H3/b20-12-. The number of nitrogens with zero attached hydrogens (tertiary/aromatic N) is 1. The summed E-state index contributed by atoms with van der Waals surface area (Å²) in [7, 11) is 1.54. The lowest BCUT2D eigenvalue weighted by Crippen LogP contribution is -2.27. The molecule has 1 aliphatic rings. The number of phenolic OH excluding ortho intramolecular Hbond substituents is 1. The van der Waals surface area contributed by atoms with E-state index in [1.165, 1.54) is 16.7 Å². The van der Waals surface area contributed by atoms with Gasteiger partial charge in [0.05, 0.1) is 22.7 Å². The Balaban J connectivity index is 2.06. The van der Waals surface area contributed by atoms with Crippen LogP contribution in [0.2, 0.25) is 5.02 Å². The average Bonchev–Trinajstić information content (AvgIpc) is 2.94. The van der Waals surface area contributed by atoms with E-state index in [-0.39, 0.29) is 16.7 Å². The molecule has 0 unspecified atom stereocenters. The van der Waals surface area contributed by atoms with E-state index in [0.29, 0.717) is 31.4 Å². The molecular formula is C25H28ClNO3S2. The van der Waals surface area contributed by atoms with Crippen LogP contribution in [0.1, 0.15) is 58.2 Å². The van der Waals surface area contributed by atoms with Crippen molar-refractivity contribution in [3.63, 3.8) is 0 Å². The molecule has 0 atom stereocenters. The number of methoxy groups -OCH3 is 1. The summed E-state index contributed by atoms with van der Waals surface area (Å²) in [4.78, 5) is 15.2. The maximum Gasteiger partial charge on any atom is 0.270 e. The molecule has 0 bridgehead atoms. The molecule has 0 saturated carbocycles. The van der Waals surface area contributed by atoms with E-state index in [1.54, 1.807) is 25.3 Å². The zero-order valence-electron chi connectivity index (χ0n) is 19.4. The summed E-state index contributed by atoms with van der Waals surface area (Å²) < 4.78 is 5.64. The topological polar surface area (TPSA) is 49.8 Å². The highest BCUT2D eigenvalue weighted by Gasteiger charge is 2.34. The first-order chi connectivity index (χ1) is 14.7. The van der Waals surface area contributed by atoms with Gasteiger partial charge in [0.1, 0.15) is 11.5 Å². The van der Waals surface area contributed by atoms with Crippen molar-refractivity contribution in [3.05, 3.63) is 56.9 Å². The van der Waals surface area contributed by atoms with Crippen molar-refractivity contribution in [1.82, 2.24) is 0 Å². The first-order valence-corrected chi connectivity index (χ1v) is 11.8. The number of carbonyl (C=O) groups is 1. The Morgan fingerprint density at radius 1 is 1.06 bits per heavy atom. The molecule has 1 N–H and O–H groups in total. The minimum absolute atomic E-state index is 0.205. The number of amides is 1. The highest BCUT2D eigenvalue weighted by molar-refractivity contribution is 8.27. The van der Waals surface area contributed by atoms with Gasteiger partial charge < -0.3 is 9.84 Å². The third-order valence-corrected chi connectivity index (χ3v) is 6.83. The molecule has 0 spiro atoms. The second kappa shape index (κ2) is 8.73. The average molecular weight is 490 g/mol. The number of hydrogen-bond acceptors (Lipinski definition) is 5. The number of thioether (sulfide) groups is 1. The molecular weight excluding hydrogens is 462 g/mol. The van der Waals surface area contributed by atoms with Crippen molar-refractivity contribution in [3.8, 4) is 11.5 Å². The van der Waals surface area contributed by atoms with Gasteiger partial charge in [0, 0.05) is 11.1 Å². The van der Waals surface area contributed by atoms with Gasteiger partial charge in [-0.15, -0.1) is 0 Å². The second-order valence-corrected chi connectivity index (χ2v) is 11.9. The van der Waals surface area contributed by atoms with Gasteiger partial charge in [-0.1, -0.05) is 77.1 Å². The number of phenols is 1. The molecule has 0 aliphatic carbocycles. The van der Waals surface area contributed by atoms with Crippen LogP contribution in [0.25, 0.3) is 6.08 Å². The van der Waals surface area contributed by atoms with Crippen LogP contribution in [-0.4, -0.2) is 22.4 Å². The minimum Gasteiger partial charge on any atom is -0.507 e. The van der Waals surface area contributed by atoms with Gasteiger partial charge in [0.2, 0.25) is 0 Å². The molecule has 4 nitrogen and oxygen atoms in total. The molecule has 1 saturated heterocycles. The lowest BCUT2D eigenvalue weighted by atomic mass is 9.78. The van der Waals surface area contributed by atoms with Gasteiger partial charge in [0.25, 0.3) is 5.91 Å². The Morgan fingerprint density at radius 3 is 2.09 bits per heavy atom. The summed E-state index contributed by atoms with van der Waals surface area (Å²) in [5.74, 6) is 0.636. The van der Waals surface area contributed by atoms with Gasteiger partial charge in [-0.25, -0.2) is 0 Å². The minimum atomic E-state index is -0.257. The van der Waals surface area contributed by atoms with Crippen molar-refractivity contribution in [2.24, 2.45) is 0 Å². The quantitative estimate of drug-likeness (QED) is 0.369. The van der Waals surface area contributed by atoms with Gasteiger partial charge in [-0.05, 0) is 52.8 Å². The third-order valence-electron chi connectivity index (χ3n) is 5.23. The number of halogens is 1. The van der Waals surface area contributed by atoms with E-state index in [9.17, 15) is 9.90 Å². The molecule has 32 heavy (non-hydrogen) atoms. The van der Waals surface area contributed by atoms with Crippen LogP contribution >= 0.6 is 35.6 Å². The summed E-state index contributed by atoms with van der Waals surface area (Å²) in [6, 6.07) is 9.03. The first-order valence-electron chi connectivity index (χ1n) is 10.2. The monoisotopic (exact) mass is 489 g/mol. The third kappa shape index (κ3) is 4.82. The number of carbonyl (C=O) groups excluding carboxylic acids is 1. The largest absolute Gasteiger partial charge is 0.507 e. The highest BCUT2D eigenvalue weighted by atomic mass is 35.5. The molecule has 7 heteroatoms. The molecule has 2 aromatic rings. The van der Waals surface area contributed by atoms with Crippen LogP contribution in [0.15, 0.2) is 35.2 Å². The van der Waals surface area contributed by atoms with Gasteiger partial charge in [-0.2, -0.15) is 0 Å². The van der Waals surface area contributed by atoms with E-state index in [0.717, 1.165) is 16.7 Å². The normalized spacial score (nSPS) is 16.2. The van der Waals surface area contributed by atoms with E-state index in [1.807, 2.05) is 18.2 Å². The Bertz CT molecular complexity index is 1090. The van der Waals surface area contributed by atoms with Gasteiger partial charge in [-0.3, -0.25) is 9.69 Å². The summed E-state index contributed by atoms with van der Waals surface area (Å²) >= 11 is 13.0. The fourth-order valence-corrected chi connectivity index (χ4v) is 5.07. The van der Waals surface area contributed by atoms with Crippen LogP contribution in [0.4, 0.5) is 5.69 Å². The zero-order chi connectivity index (χ0) is 24.0. The lowest BCUT2D eigenvalue weighted by molar-refractivity contribution is -0.113. The molecule has 1 aliphatic heterocycles. The summed E-state index contributed by atoms with van der Waals surface area (Å²) in [6.45, 7) is 12.4. The van der Waals surface area contributed by atoms with Crippen molar-refractivity contribution < 1.29 is 14.6 Å². The number of anilines is 1. The fourth-order valence-electron chi connectivity index (χ4n) is 3.52. The summed E-state index contributed by atoms with van der Waals surface area (Å²) in [6.07, 6.45) is 1.84. The Kier molecular flexibility index (Phi) is 6.72. The molecule has 2 aromatic carbocycles. The molecule has 0 radical (unpaired) electrons. The summed E-state index contributed by atoms with van der Waals surface area (Å²) in [5, 5.41) is 11.4. The van der Waals surface area contributed by atoms with E-state index >= 15 is 0 Å². The molecule has 3 rings (SSSR count). The van der Waals surface area contributed by atoms with E-state index in [2.05, 4.69) is 41.5 Å². The first kappa shape index (κ1) is 24.6. The maximum absolute atomic E-state index is 13.2. The molecule has 1 heterocycles. The number of aromatic hydroxyl groups is 1. The Hall–Kier alpha value is -2.02. The van der Waals surface area contributed by atoms with E-state index < -0.39 is 0 Å². The van der Waals surface area contributed by atoms with Crippen LogP contribution < -0.4 is 9.64 Å². The molecule has 170 valence electrons. The van der Waals surface area contributed by atoms with Gasteiger partial charge in [0.15, 0.2) is 4.32 Å². The Morgan fingerprint density at radius 2 is 1.62 bits per heavy atom. The van der Waals surface area contributed by atoms with Crippen LogP contribution in [0.3, 0.4) is 0 Å². The lowest BCUT2D eigenvalue weighted by Gasteiger charge is -2.28. The zero-order valence-corrected chi connectivity index (χ0v) is 21.8. The molecule has 1 fully saturated rings. The predicted molar refractivity (Wildman–Crippen MR) is 139 cm³/mol. The number of thiocarbonyl (C=S) groups is 1. The molecule has 0 aromatic heterocycles. The Labute approximate surface area is 204 Å². The van der Waals surface area contributed by atoms with Crippen LogP contribution in [-0.2, 0) is 15.6 Å². The predicted octanol–water partition coefficient (Wildman–Crippen LogP) is 7.06. The second-order valence-electron chi connectivity index (χ2n) is 9.80. The smallest absolute Gasteiger partial charge is 0.270 e. The van der Waals surface area contributed by atoms with E-state index in [4.69, 9.17) is 28.6 Å². The van der Waals surface area contributed by atoms with Crippen LogP contribution in [0.5, 0.6) is 11.5 Å². The van der Waals surface area contributed by atoms with Gasteiger partial charge >= 0.3 is 0 Å². The number of rotatable bonds is 3. The van der Waals surface area contributed by atoms with Crippen molar-refractivity contribution in [2.75, 3.05) is 12.0 Å². The number of ether oxygens (including phenoxy) is 1. The van der Waals surface area contributed by atoms with Crippen LogP contribution in [0, 0.1) is 0 Å². The SMILES string of the molecule is COc1ccc(N2C(=O)/C(=C/c3cc(C(C)(C)C)c(O)c(C(C)(C)C)c3)SC2=S)cc1Cl. The number of hydrogen-bond donors (Lipinski definition) is 1. The van der Waals surface area contributed by atoms with Crippen molar-refractivity contribution in [2.45, 2.75) is 52.4 Å².